The minimum Gasteiger partial charge on any atom is -0.495 e. The average molecular weight is 254 g/mol. The number of nitrogens with zero attached hydrogens (tertiary/aromatic N) is 2. The Bertz CT molecular complexity index is 528. The Hall–Kier alpha value is -2.08. The van der Waals surface area contributed by atoms with Crippen molar-refractivity contribution < 1.29 is 14.2 Å². The third-order valence-electron chi connectivity index (χ3n) is 2.00. The molecule has 0 spiro atoms. The second-order valence-electron chi connectivity index (χ2n) is 3.09. The summed E-state index contributed by atoms with van der Waals surface area (Å²) in [6, 6.07) is 4.89. The first-order chi connectivity index (χ1) is 8.20. The first-order valence-corrected chi connectivity index (χ1v) is 5.01. The van der Waals surface area contributed by atoms with Gasteiger partial charge in [-0.2, -0.15) is 0 Å². The van der Waals surface area contributed by atoms with Crippen molar-refractivity contribution in [2.45, 2.75) is 0 Å². The molecule has 0 atom stereocenters. The molecule has 0 saturated carbocycles. The minimum atomic E-state index is -0.452. The van der Waals surface area contributed by atoms with Crippen molar-refractivity contribution in [3.8, 4) is 5.75 Å². The van der Waals surface area contributed by atoms with Gasteiger partial charge >= 0.3 is 0 Å². The van der Waals surface area contributed by atoms with E-state index in [-0.39, 0.29) is 5.69 Å². The van der Waals surface area contributed by atoms with Gasteiger partial charge < -0.3 is 10.1 Å². The van der Waals surface area contributed by atoms with Crippen molar-refractivity contribution in [3.05, 3.63) is 35.1 Å². The molecule has 0 saturated heterocycles. The second-order valence-corrected chi connectivity index (χ2v) is 3.53. The summed E-state index contributed by atoms with van der Waals surface area (Å²) in [4.78, 5) is 11.7. The number of carbonyl (C=O) groups is 1. The summed E-state index contributed by atoms with van der Waals surface area (Å²) in [5.74, 6) is 0.0472. The lowest BCUT2D eigenvalue weighted by Gasteiger charge is -2.08. The van der Waals surface area contributed by atoms with Crippen LogP contribution in [-0.4, -0.2) is 23.3 Å². The first-order valence-electron chi connectivity index (χ1n) is 4.63. The fourth-order valence-electron chi connectivity index (χ4n) is 1.23. The van der Waals surface area contributed by atoms with Gasteiger partial charge in [-0.05, 0) is 23.4 Å². The fourth-order valence-corrected chi connectivity index (χ4v) is 1.40. The molecule has 1 aromatic heterocycles. The molecule has 6 nitrogen and oxygen atoms in total. The maximum Gasteiger partial charge on any atom is 0.279 e. The highest BCUT2D eigenvalue weighted by Gasteiger charge is 2.13. The van der Waals surface area contributed by atoms with Crippen LogP contribution in [0.4, 0.5) is 5.69 Å². The molecule has 0 unspecified atom stereocenters. The van der Waals surface area contributed by atoms with Crippen molar-refractivity contribution in [3.63, 3.8) is 0 Å². The summed E-state index contributed by atoms with van der Waals surface area (Å²) in [7, 11) is 1.50. The maximum absolute atomic E-state index is 11.7. The van der Waals surface area contributed by atoms with Crippen molar-refractivity contribution >= 4 is 23.2 Å². The lowest BCUT2D eigenvalue weighted by atomic mass is 10.3. The zero-order chi connectivity index (χ0) is 12.3. The van der Waals surface area contributed by atoms with Gasteiger partial charge in [0.2, 0.25) is 0 Å². The monoisotopic (exact) mass is 253 g/mol. The minimum absolute atomic E-state index is 0.0760. The van der Waals surface area contributed by atoms with Gasteiger partial charge in [-0.25, -0.2) is 4.63 Å². The molecule has 0 aliphatic rings. The van der Waals surface area contributed by atoms with Crippen LogP contribution in [0.1, 0.15) is 10.5 Å². The molecule has 1 N–H and O–H groups in total. The van der Waals surface area contributed by atoms with Crippen molar-refractivity contribution in [2.24, 2.45) is 0 Å². The number of benzene rings is 1. The largest absolute Gasteiger partial charge is 0.495 e. The molecule has 2 aromatic rings. The molecular formula is C10H8ClN3O3. The summed E-state index contributed by atoms with van der Waals surface area (Å²) >= 11 is 5.83. The maximum atomic E-state index is 11.7. The third-order valence-corrected chi connectivity index (χ3v) is 2.24. The van der Waals surface area contributed by atoms with E-state index in [0.29, 0.717) is 16.5 Å². The zero-order valence-corrected chi connectivity index (χ0v) is 9.56. The van der Waals surface area contributed by atoms with Crippen LogP contribution in [0, 0.1) is 0 Å². The number of nitrogens with one attached hydrogen (secondary N) is 1. The normalized spacial score (nSPS) is 10.0. The molecule has 7 heteroatoms. The second kappa shape index (κ2) is 4.84. The van der Waals surface area contributed by atoms with Crippen molar-refractivity contribution in [1.29, 1.82) is 0 Å². The standard InChI is InChI=1S/C10H8ClN3O3/c1-16-9-3-2-6(11)4-7(9)13-10(15)8-5-12-17-14-8/h2-5H,1H3,(H,13,15). The number of hydrogen-bond acceptors (Lipinski definition) is 5. The zero-order valence-electron chi connectivity index (χ0n) is 8.81. The Morgan fingerprint density at radius 2 is 2.35 bits per heavy atom. The van der Waals surface area contributed by atoms with Gasteiger partial charge in [0.15, 0.2) is 5.69 Å². The van der Waals surface area contributed by atoms with E-state index in [0.717, 1.165) is 0 Å². The molecule has 17 heavy (non-hydrogen) atoms. The van der Waals surface area contributed by atoms with E-state index >= 15 is 0 Å². The van der Waals surface area contributed by atoms with Crippen LogP contribution in [0.15, 0.2) is 29.0 Å². The quantitative estimate of drug-likeness (QED) is 0.905. The first kappa shape index (κ1) is 11.4. The number of rotatable bonds is 3. The van der Waals surface area contributed by atoms with Gasteiger partial charge in [0.25, 0.3) is 5.91 Å². The molecule has 1 heterocycles. The van der Waals surface area contributed by atoms with Crippen LogP contribution in [0.3, 0.4) is 0 Å². The SMILES string of the molecule is COc1ccc(Cl)cc1NC(=O)c1cnon1. The Morgan fingerprint density at radius 3 is 3.00 bits per heavy atom. The number of carbonyl (C=O) groups excluding carboxylic acids is 1. The highest BCUT2D eigenvalue weighted by molar-refractivity contribution is 6.31. The molecule has 1 aromatic carbocycles. The number of amides is 1. The van der Waals surface area contributed by atoms with E-state index in [1.54, 1.807) is 18.2 Å². The average Bonchev–Trinajstić information content (AvgIpc) is 2.83. The van der Waals surface area contributed by atoms with Crippen LogP contribution in [0.2, 0.25) is 5.02 Å². The van der Waals surface area contributed by atoms with Crippen molar-refractivity contribution in [1.82, 2.24) is 10.3 Å². The van der Waals surface area contributed by atoms with E-state index in [4.69, 9.17) is 16.3 Å². The summed E-state index contributed by atoms with van der Waals surface area (Å²) < 4.78 is 9.42. The Kier molecular flexibility index (Phi) is 3.24. The molecular weight excluding hydrogens is 246 g/mol. The van der Waals surface area contributed by atoms with E-state index in [1.165, 1.54) is 13.3 Å². The van der Waals surface area contributed by atoms with Gasteiger partial charge in [-0.15, -0.1) is 0 Å². The Balaban J connectivity index is 2.23. The smallest absolute Gasteiger partial charge is 0.279 e. The Morgan fingerprint density at radius 1 is 1.53 bits per heavy atom. The number of halogens is 1. The molecule has 88 valence electrons. The number of ether oxygens (including phenoxy) is 1. The summed E-state index contributed by atoms with van der Waals surface area (Å²) in [6.07, 6.45) is 1.21. The fraction of sp³-hybridized carbons (Fsp3) is 0.100. The molecule has 0 bridgehead atoms. The summed E-state index contributed by atoms with van der Waals surface area (Å²) in [5.41, 5.74) is 0.528. The van der Waals surface area contributed by atoms with Crippen LogP contribution in [-0.2, 0) is 0 Å². The van der Waals surface area contributed by atoms with Gasteiger partial charge in [0, 0.05) is 5.02 Å². The van der Waals surface area contributed by atoms with Crippen LogP contribution in [0.5, 0.6) is 5.75 Å². The molecule has 0 aliphatic heterocycles. The van der Waals surface area contributed by atoms with E-state index < -0.39 is 5.91 Å². The predicted molar refractivity (Wildman–Crippen MR) is 60.3 cm³/mol. The summed E-state index contributed by atoms with van der Waals surface area (Å²) in [6.45, 7) is 0. The molecule has 0 radical (unpaired) electrons. The highest BCUT2D eigenvalue weighted by atomic mass is 35.5. The Labute approximate surface area is 101 Å². The van der Waals surface area contributed by atoms with Gasteiger partial charge in [-0.1, -0.05) is 16.8 Å². The number of anilines is 1. The topological polar surface area (TPSA) is 77.2 Å². The van der Waals surface area contributed by atoms with Crippen molar-refractivity contribution in [2.75, 3.05) is 12.4 Å². The van der Waals surface area contributed by atoms with Crippen LogP contribution < -0.4 is 10.1 Å². The number of aromatic nitrogens is 2. The molecule has 0 aliphatic carbocycles. The molecule has 2 rings (SSSR count). The van der Waals surface area contributed by atoms with Crippen LogP contribution in [0.25, 0.3) is 0 Å². The van der Waals surface area contributed by atoms with Crippen LogP contribution >= 0.6 is 11.6 Å². The van der Waals surface area contributed by atoms with E-state index in [1.807, 2.05) is 0 Å². The van der Waals surface area contributed by atoms with Gasteiger partial charge in [0.1, 0.15) is 11.9 Å². The highest BCUT2D eigenvalue weighted by Crippen LogP contribution is 2.27. The van der Waals surface area contributed by atoms with E-state index in [9.17, 15) is 4.79 Å². The lowest BCUT2D eigenvalue weighted by molar-refractivity contribution is 0.101. The third kappa shape index (κ3) is 2.54. The number of hydrogen-bond donors (Lipinski definition) is 1. The summed E-state index contributed by atoms with van der Waals surface area (Å²) in [5, 5.41) is 9.84. The molecule has 0 fully saturated rings. The predicted octanol–water partition coefficient (Wildman–Crippen LogP) is 1.98. The molecule has 1 amide bonds. The van der Waals surface area contributed by atoms with Gasteiger partial charge in [0.05, 0.1) is 12.8 Å². The van der Waals surface area contributed by atoms with E-state index in [2.05, 4.69) is 20.3 Å². The van der Waals surface area contributed by atoms with Gasteiger partial charge in [-0.3, -0.25) is 4.79 Å². The number of methoxy groups -OCH3 is 1. The lowest BCUT2D eigenvalue weighted by Crippen LogP contribution is -2.12.